The number of anilines is 1. The molecule has 4 nitrogen and oxygen atoms in total. The summed E-state index contributed by atoms with van der Waals surface area (Å²) in [5, 5.41) is 3.05. The van der Waals surface area contributed by atoms with E-state index in [1.807, 2.05) is 31.2 Å². The Hall–Kier alpha value is -3.12. The van der Waals surface area contributed by atoms with Crippen LogP contribution in [0.15, 0.2) is 77.7 Å². The van der Waals surface area contributed by atoms with Gasteiger partial charge in [-0.25, -0.2) is 4.39 Å². The normalized spacial score (nSPS) is 14.1. The zero-order chi connectivity index (χ0) is 22.5. The number of benzene rings is 3. The Morgan fingerprint density at radius 2 is 1.84 bits per heavy atom. The number of fused-ring (bicyclic) bond motifs is 1. The first-order valence-electron chi connectivity index (χ1n) is 10.7. The maximum absolute atomic E-state index is 14.2. The zero-order valence-corrected chi connectivity index (χ0v) is 18.7. The lowest BCUT2D eigenvalue weighted by Crippen LogP contribution is -2.36. The quantitative estimate of drug-likeness (QED) is 0.539. The van der Waals surface area contributed by atoms with Crippen LogP contribution in [-0.2, 0) is 17.8 Å². The maximum atomic E-state index is 14.2. The summed E-state index contributed by atoms with van der Waals surface area (Å²) in [4.78, 5) is 28.0. The number of nitrogens with zero attached hydrogens (tertiary/aromatic N) is 1. The molecule has 0 spiro atoms. The monoisotopic (exact) mass is 448 g/mol. The number of thioether (sulfide) groups is 1. The molecule has 0 saturated carbocycles. The van der Waals surface area contributed by atoms with Gasteiger partial charge < -0.3 is 10.2 Å². The highest BCUT2D eigenvalue weighted by Gasteiger charge is 2.26. The summed E-state index contributed by atoms with van der Waals surface area (Å²) in [6.07, 6.45) is 1.71. The van der Waals surface area contributed by atoms with Gasteiger partial charge in [0, 0.05) is 22.1 Å². The molecule has 4 rings (SSSR count). The van der Waals surface area contributed by atoms with E-state index in [1.165, 1.54) is 23.4 Å². The number of halogens is 1. The van der Waals surface area contributed by atoms with Crippen molar-refractivity contribution in [1.82, 2.24) is 5.32 Å². The SMILES string of the molecule is C[C@H](CCc1ccccc1)NC(=O)c1ccc2c(c1)N(Cc1ccccc1F)C(=O)CS2. The van der Waals surface area contributed by atoms with Gasteiger partial charge in [0.1, 0.15) is 5.82 Å². The minimum Gasteiger partial charge on any atom is -0.350 e. The van der Waals surface area contributed by atoms with Crippen LogP contribution in [0.25, 0.3) is 0 Å². The van der Waals surface area contributed by atoms with Crippen LogP contribution >= 0.6 is 11.8 Å². The molecule has 1 atom stereocenters. The Kier molecular flexibility index (Phi) is 6.90. The van der Waals surface area contributed by atoms with Gasteiger partial charge in [0.25, 0.3) is 5.91 Å². The fourth-order valence-electron chi connectivity index (χ4n) is 3.72. The minimum absolute atomic E-state index is 0.00395. The standard InChI is InChI=1S/C26H25FN2O2S/c1-18(11-12-19-7-3-2-4-8-19)28-26(31)20-13-14-24-23(15-20)29(25(30)17-32-24)16-21-9-5-6-10-22(21)27/h2-10,13-15,18H,11-12,16-17H2,1H3,(H,28,31)/t18-/m1/s1. The number of hydrogen-bond donors (Lipinski definition) is 1. The van der Waals surface area contributed by atoms with E-state index in [2.05, 4.69) is 17.4 Å². The first kappa shape index (κ1) is 22.1. The lowest BCUT2D eigenvalue weighted by atomic mass is 10.1. The van der Waals surface area contributed by atoms with Crippen molar-refractivity contribution in [3.8, 4) is 0 Å². The van der Waals surface area contributed by atoms with Crippen LogP contribution in [0.2, 0.25) is 0 Å². The predicted octanol–water partition coefficient (Wildman–Crippen LogP) is 5.22. The molecule has 3 aromatic rings. The molecule has 0 bridgehead atoms. The van der Waals surface area contributed by atoms with Crippen molar-refractivity contribution in [2.45, 2.75) is 37.2 Å². The molecule has 1 aliphatic heterocycles. The van der Waals surface area contributed by atoms with Crippen molar-refractivity contribution in [2.24, 2.45) is 0 Å². The molecule has 0 saturated heterocycles. The minimum atomic E-state index is -0.346. The second kappa shape index (κ2) is 10.0. The third-order valence-corrected chi connectivity index (χ3v) is 6.58. The van der Waals surface area contributed by atoms with E-state index in [1.54, 1.807) is 35.2 Å². The summed E-state index contributed by atoms with van der Waals surface area (Å²) >= 11 is 1.44. The van der Waals surface area contributed by atoms with E-state index < -0.39 is 0 Å². The Morgan fingerprint density at radius 3 is 2.62 bits per heavy atom. The molecular weight excluding hydrogens is 423 g/mol. The molecule has 1 aliphatic rings. The number of carbonyl (C=O) groups excluding carboxylic acids is 2. The first-order valence-corrected chi connectivity index (χ1v) is 11.7. The van der Waals surface area contributed by atoms with Gasteiger partial charge in [-0.2, -0.15) is 0 Å². The van der Waals surface area contributed by atoms with Gasteiger partial charge in [-0.15, -0.1) is 11.8 Å². The molecule has 0 radical (unpaired) electrons. The van der Waals surface area contributed by atoms with E-state index >= 15 is 0 Å². The molecule has 2 amide bonds. The lowest BCUT2D eigenvalue weighted by Gasteiger charge is -2.29. The molecule has 0 aliphatic carbocycles. The summed E-state index contributed by atoms with van der Waals surface area (Å²) in [5.41, 5.74) is 2.83. The van der Waals surface area contributed by atoms with Crippen LogP contribution in [-0.4, -0.2) is 23.6 Å². The molecule has 6 heteroatoms. The van der Waals surface area contributed by atoms with Gasteiger partial charge >= 0.3 is 0 Å². The number of nitrogens with one attached hydrogen (secondary N) is 1. The van der Waals surface area contributed by atoms with Gasteiger partial charge in [-0.05, 0) is 49.6 Å². The summed E-state index contributed by atoms with van der Waals surface area (Å²) in [5.74, 6) is -0.327. The van der Waals surface area contributed by atoms with Crippen molar-refractivity contribution in [3.05, 3.63) is 95.3 Å². The fraction of sp³-hybridized carbons (Fsp3) is 0.231. The molecule has 0 aromatic heterocycles. The van der Waals surface area contributed by atoms with Crippen LogP contribution < -0.4 is 10.2 Å². The van der Waals surface area contributed by atoms with E-state index in [-0.39, 0.29) is 30.2 Å². The molecule has 1 heterocycles. The average Bonchev–Trinajstić information content (AvgIpc) is 2.81. The van der Waals surface area contributed by atoms with Crippen molar-refractivity contribution < 1.29 is 14.0 Å². The molecule has 0 unspecified atom stereocenters. The molecule has 0 fully saturated rings. The number of carbonyl (C=O) groups is 2. The highest BCUT2D eigenvalue weighted by atomic mass is 32.2. The van der Waals surface area contributed by atoms with Crippen molar-refractivity contribution in [1.29, 1.82) is 0 Å². The molecule has 32 heavy (non-hydrogen) atoms. The van der Waals surface area contributed by atoms with Gasteiger partial charge in [0.2, 0.25) is 5.91 Å². The second-order valence-electron chi connectivity index (χ2n) is 7.94. The highest BCUT2D eigenvalue weighted by Crippen LogP contribution is 2.37. The summed E-state index contributed by atoms with van der Waals surface area (Å²) in [6, 6.07) is 22.0. The highest BCUT2D eigenvalue weighted by molar-refractivity contribution is 8.00. The van der Waals surface area contributed by atoms with Crippen molar-refractivity contribution in [2.75, 3.05) is 10.7 Å². The van der Waals surface area contributed by atoms with Gasteiger partial charge in [0.15, 0.2) is 0 Å². The average molecular weight is 449 g/mol. The Morgan fingerprint density at radius 1 is 1.09 bits per heavy atom. The summed E-state index contributed by atoms with van der Waals surface area (Å²) < 4.78 is 14.2. The maximum Gasteiger partial charge on any atom is 0.251 e. The van der Waals surface area contributed by atoms with Crippen LogP contribution in [0.3, 0.4) is 0 Å². The fourth-order valence-corrected chi connectivity index (χ4v) is 4.64. The van der Waals surface area contributed by atoms with Crippen LogP contribution in [0.5, 0.6) is 0 Å². The molecule has 164 valence electrons. The largest absolute Gasteiger partial charge is 0.350 e. The predicted molar refractivity (Wildman–Crippen MR) is 126 cm³/mol. The van der Waals surface area contributed by atoms with E-state index in [9.17, 15) is 14.0 Å². The third-order valence-electron chi connectivity index (χ3n) is 5.54. The van der Waals surface area contributed by atoms with E-state index in [0.717, 1.165) is 17.7 Å². The first-order chi connectivity index (χ1) is 15.5. The van der Waals surface area contributed by atoms with Crippen molar-refractivity contribution in [3.63, 3.8) is 0 Å². The van der Waals surface area contributed by atoms with Crippen LogP contribution in [0.4, 0.5) is 10.1 Å². The number of amides is 2. The van der Waals surface area contributed by atoms with Gasteiger partial charge in [-0.1, -0.05) is 48.5 Å². The molecule has 1 N–H and O–H groups in total. The zero-order valence-electron chi connectivity index (χ0n) is 17.9. The van der Waals surface area contributed by atoms with E-state index in [4.69, 9.17) is 0 Å². The van der Waals surface area contributed by atoms with Crippen molar-refractivity contribution >= 4 is 29.3 Å². The van der Waals surface area contributed by atoms with Gasteiger partial charge in [-0.3, -0.25) is 9.59 Å². The Balaban J connectivity index is 1.47. The number of hydrogen-bond acceptors (Lipinski definition) is 3. The third kappa shape index (κ3) is 5.19. The second-order valence-corrected chi connectivity index (χ2v) is 8.96. The van der Waals surface area contributed by atoms with Crippen LogP contribution in [0, 0.1) is 5.82 Å². The molecular formula is C26H25FN2O2S. The summed E-state index contributed by atoms with van der Waals surface area (Å²) in [7, 11) is 0. The Labute approximate surface area is 191 Å². The van der Waals surface area contributed by atoms with Crippen LogP contribution in [0.1, 0.15) is 34.8 Å². The molecule has 3 aromatic carbocycles. The van der Waals surface area contributed by atoms with Gasteiger partial charge in [0.05, 0.1) is 18.0 Å². The lowest BCUT2D eigenvalue weighted by molar-refractivity contribution is -0.116. The van der Waals surface area contributed by atoms with E-state index in [0.29, 0.717) is 22.6 Å². The smallest absolute Gasteiger partial charge is 0.251 e. The Bertz CT molecular complexity index is 1120. The summed E-state index contributed by atoms with van der Waals surface area (Å²) in [6.45, 7) is 2.13. The number of aryl methyl sites for hydroxylation is 1. The number of rotatable bonds is 7. The topological polar surface area (TPSA) is 49.4 Å².